The highest BCUT2D eigenvalue weighted by molar-refractivity contribution is 7.80. The van der Waals surface area contributed by atoms with Crippen molar-refractivity contribution >= 4 is 16.7 Å². The predicted molar refractivity (Wildman–Crippen MR) is 71.7 cm³/mol. The summed E-state index contributed by atoms with van der Waals surface area (Å²) >= 11 is 0. The maximum absolute atomic E-state index is 11.0. The van der Waals surface area contributed by atoms with Crippen LogP contribution >= 0.6 is 0 Å². The summed E-state index contributed by atoms with van der Waals surface area (Å²) in [6.07, 6.45) is -1.18. The van der Waals surface area contributed by atoms with Crippen LogP contribution in [0.1, 0.15) is 18.1 Å². The van der Waals surface area contributed by atoms with Crippen LogP contribution < -0.4 is 18.9 Å². The van der Waals surface area contributed by atoms with E-state index in [4.69, 9.17) is 23.5 Å². The lowest BCUT2D eigenvalue weighted by Gasteiger charge is -2.19. The Morgan fingerprint density at radius 3 is 2.55 bits per heavy atom. The molecule has 0 saturated carbocycles. The van der Waals surface area contributed by atoms with Crippen LogP contribution in [0.2, 0.25) is 0 Å². The Bertz CT molecular complexity index is 668. The molecule has 1 atom stereocenters. The van der Waals surface area contributed by atoms with Crippen LogP contribution in [-0.4, -0.2) is 40.3 Å². The van der Waals surface area contributed by atoms with E-state index in [9.17, 15) is 13.2 Å². The molecule has 9 nitrogen and oxygen atoms in total. The number of methoxy groups -OCH3 is 2. The average molecular weight is 334 g/mol. The minimum Gasteiger partial charge on any atom is -0.492 e. The zero-order valence-corrected chi connectivity index (χ0v) is 12.6. The normalized spacial score (nSPS) is 14.5. The van der Waals surface area contributed by atoms with Crippen LogP contribution in [0.5, 0.6) is 23.0 Å². The summed E-state index contributed by atoms with van der Waals surface area (Å²) < 4.78 is 56.2. The van der Waals surface area contributed by atoms with Gasteiger partial charge in [-0.15, -0.1) is 0 Å². The van der Waals surface area contributed by atoms with E-state index in [1.54, 1.807) is 0 Å². The molecule has 0 radical (unpaired) electrons. The van der Waals surface area contributed by atoms with Gasteiger partial charge in [0, 0.05) is 12.0 Å². The van der Waals surface area contributed by atoms with Gasteiger partial charge in [0.05, 0.1) is 14.2 Å². The van der Waals surface area contributed by atoms with Crippen molar-refractivity contribution in [3.05, 3.63) is 11.6 Å². The van der Waals surface area contributed by atoms with Crippen molar-refractivity contribution in [1.82, 2.24) is 0 Å². The third-order valence-electron chi connectivity index (χ3n) is 2.91. The van der Waals surface area contributed by atoms with E-state index in [0.717, 1.165) is 0 Å². The highest BCUT2D eigenvalue weighted by atomic mass is 32.3. The maximum atomic E-state index is 11.0. The van der Waals surface area contributed by atoms with Crippen molar-refractivity contribution in [2.75, 3.05) is 21.0 Å². The Labute approximate surface area is 126 Å². The Kier molecular flexibility index (Phi) is 4.74. The van der Waals surface area contributed by atoms with E-state index >= 15 is 0 Å². The third kappa shape index (κ3) is 3.24. The van der Waals surface area contributed by atoms with Crippen molar-refractivity contribution in [1.29, 1.82) is 0 Å². The second-order valence-corrected chi connectivity index (χ2v) is 5.23. The highest BCUT2D eigenvalue weighted by Gasteiger charge is 2.31. The number of hydrogen-bond donors (Lipinski definition) is 1. The Balaban J connectivity index is 2.58. The molecule has 1 aromatic rings. The van der Waals surface area contributed by atoms with Crippen molar-refractivity contribution in [2.24, 2.45) is 0 Å². The molecule has 0 amide bonds. The first kappa shape index (κ1) is 16.3. The molecule has 1 N–H and O–H groups in total. The zero-order chi connectivity index (χ0) is 16.3. The van der Waals surface area contributed by atoms with E-state index in [1.165, 1.54) is 20.3 Å². The number of rotatable bonds is 7. The summed E-state index contributed by atoms with van der Waals surface area (Å²) in [7, 11) is -2.09. The first-order chi connectivity index (χ1) is 10.4. The quantitative estimate of drug-likeness (QED) is 0.572. The molecule has 1 aliphatic heterocycles. The highest BCUT2D eigenvalue weighted by Crippen LogP contribution is 2.51. The number of carbonyl (C=O) groups is 1. The summed E-state index contributed by atoms with van der Waals surface area (Å²) in [4.78, 5) is 10.8. The molecule has 1 aliphatic rings. The number of benzene rings is 1. The van der Waals surface area contributed by atoms with Gasteiger partial charge in [0.2, 0.25) is 18.3 Å². The number of hydrogen-bond acceptors (Lipinski definition) is 8. The fraction of sp³-hybridized carbons (Fsp3) is 0.417. The first-order valence-corrected chi connectivity index (χ1v) is 7.41. The maximum Gasteiger partial charge on any atom is 0.397 e. The van der Waals surface area contributed by atoms with Crippen molar-refractivity contribution in [2.45, 2.75) is 12.5 Å². The second-order valence-electron chi connectivity index (χ2n) is 4.18. The van der Waals surface area contributed by atoms with Gasteiger partial charge in [-0.3, -0.25) is 4.55 Å². The Morgan fingerprint density at radius 1 is 1.32 bits per heavy atom. The molecule has 0 aromatic heterocycles. The molecule has 0 spiro atoms. The van der Waals surface area contributed by atoms with Crippen LogP contribution in [0, 0.1) is 0 Å². The van der Waals surface area contributed by atoms with Gasteiger partial charge in [-0.05, 0) is 6.07 Å². The smallest absolute Gasteiger partial charge is 0.397 e. The number of ether oxygens (including phenoxy) is 4. The van der Waals surface area contributed by atoms with Crippen LogP contribution in [0.3, 0.4) is 0 Å². The minimum absolute atomic E-state index is 0.0458. The van der Waals surface area contributed by atoms with E-state index in [2.05, 4.69) is 4.18 Å². The van der Waals surface area contributed by atoms with E-state index < -0.39 is 16.5 Å². The minimum atomic E-state index is -4.78. The summed E-state index contributed by atoms with van der Waals surface area (Å²) in [6.45, 7) is -0.0458. The first-order valence-electron chi connectivity index (χ1n) is 6.05. The molecule has 122 valence electrons. The van der Waals surface area contributed by atoms with E-state index in [0.29, 0.717) is 12.0 Å². The number of carbonyl (C=O) groups excluding carboxylic acids is 1. The Morgan fingerprint density at radius 2 is 2.00 bits per heavy atom. The lowest BCUT2D eigenvalue weighted by molar-refractivity contribution is -0.109. The molecule has 22 heavy (non-hydrogen) atoms. The Hall–Kier alpha value is -2.04. The van der Waals surface area contributed by atoms with E-state index in [-0.39, 0.29) is 36.0 Å². The van der Waals surface area contributed by atoms with Crippen LogP contribution in [0.25, 0.3) is 0 Å². The second kappa shape index (κ2) is 6.38. The lowest BCUT2D eigenvalue weighted by Crippen LogP contribution is -2.13. The molecule has 1 heterocycles. The predicted octanol–water partition coefficient (Wildman–Crippen LogP) is 0.882. The third-order valence-corrected chi connectivity index (χ3v) is 3.38. The molecule has 0 aliphatic carbocycles. The van der Waals surface area contributed by atoms with Gasteiger partial charge in [-0.1, -0.05) is 0 Å². The van der Waals surface area contributed by atoms with Crippen molar-refractivity contribution < 1.29 is 40.9 Å². The van der Waals surface area contributed by atoms with Gasteiger partial charge < -0.3 is 23.7 Å². The van der Waals surface area contributed by atoms with Gasteiger partial charge in [0.1, 0.15) is 12.4 Å². The SMILES string of the molecule is COc1c(C(CC=O)OS(=O)(=O)O)cc2c(c1OC)OCO2. The molecule has 2 rings (SSSR count). The number of fused-ring (bicyclic) bond motifs is 1. The molecule has 0 saturated heterocycles. The fourth-order valence-corrected chi connectivity index (χ4v) is 2.58. The zero-order valence-electron chi connectivity index (χ0n) is 11.8. The molecular weight excluding hydrogens is 320 g/mol. The summed E-state index contributed by atoms with van der Waals surface area (Å²) in [5.74, 6) is 0.854. The van der Waals surface area contributed by atoms with Gasteiger partial charge in [-0.2, -0.15) is 8.42 Å². The van der Waals surface area contributed by atoms with Crippen molar-refractivity contribution in [3.8, 4) is 23.0 Å². The summed E-state index contributed by atoms with van der Waals surface area (Å²) in [5, 5.41) is 0. The van der Waals surface area contributed by atoms with Crippen molar-refractivity contribution in [3.63, 3.8) is 0 Å². The molecule has 1 unspecified atom stereocenters. The molecule has 10 heteroatoms. The van der Waals surface area contributed by atoms with E-state index in [1.807, 2.05) is 0 Å². The molecule has 0 fully saturated rings. The molecule has 0 bridgehead atoms. The molecular formula is C12H14O9S. The van der Waals surface area contributed by atoms with Gasteiger partial charge >= 0.3 is 10.4 Å². The van der Waals surface area contributed by atoms with Gasteiger partial charge in [0.25, 0.3) is 0 Å². The molecule has 1 aromatic carbocycles. The monoisotopic (exact) mass is 334 g/mol. The van der Waals surface area contributed by atoms with Gasteiger partial charge in [0.15, 0.2) is 11.5 Å². The van der Waals surface area contributed by atoms with Crippen LogP contribution in [-0.2, 0) is 19.4 Å². The summed E-state index contributed by atoms with van der Waals surface area (Å²) in [5.41, 5.74) is 0.160. The topological polar surface area (TPSA) is 118 Å². The summed E-state index contributed by atoms with van der Waals surface area (Å²) in [6, 6.07) is 1.41. The number of aldehydes is 1. The van der Waals surface area contributed by atoms with Crippen LogP contribution in [0.4, 0.5) is 0 Å². The van der Waals surface area contributed by atoms with Gasteiger partial charge in [-0.25, -0.2) is 4.18 Å². The average Bonchev–Trinajstić information content (AvgIpc) is 2.91. The largest absolute Gasteiger partial charge is 0.492 e. The fourth-order valence-electron chi connectivity index (χ4n) is 2.10. The van der Waals surface area contributed by atoms with Crippen LogP contribution in [0.15, 0.2) is 6.07 Å². The lowest BCUT2D eigenvalue weighted by atomic mass is 10.0. The standard InChI is InChI=1S/C12H14O9S/c1-17-10-7(8(3-4-13)21-22(14,15)16)5-9-11(12(10)18-2)20-6-19-9/h4-5,8H,3,6H2,1-2H3,(H,14,15,16).